The van der Waals surface area contributed by atoms with E-state index < -0.39 is 0 Å². The van der Waals surface area contributed by atoms with Gasteiger partial charge >= 0.3 is 0 Å². The normalized spacial score (nSPS) is 27.2. The Bertz CT molecular complexity index is 685. The van der Waals surface area contributed by atoms with E-state index in [2.05, 4.69) is 28.0 Å². The number of aromatic nitrogens is 2. The van der Waals surface area contributed by atoms with Gasteiger partial charge in [-0.15, -0.1) is 5.10 Å². The highest BCUT2D eigenvalue weighted by Crippen LogP contribution is 2.47. The minimum Gasteiger partial charge on any atom is -0.493 e. The van der Waals surface area contributed by atoms with Crippen LogP contribution in [0.25, 0.3) is 10.4 Å². The lowest BCUT2D eigenvalue weighted by molar-refractivity contribution is 0.133. The van der Waals surface area contributed by atoms with Crippen LogP contribution in [-0.2, 0) is 6.26 Å². The van der Waals surface area contributed by atoms with Crippen molar-refractivity contribution in [3.63, 3.8) is 0 Å². The first-order chi connectivity index (χ1) is 10.7. The van der Waals surface area contributed by atoms with Crippen molar-refractivity contribution in [2.45, 2.75) is 31.8 Å². The first-order valence-electron chi connectivity index (χ1n) is 7.86. The zero-order valence-corrected chi connectivity index (χ0v) is 13.8. The Morgan fingerprint density at radius 3 is 2.73 bits per heavy atom. The van der Waals surface area contributed by atoms with Crippen molar-refractivity contribution in [1.82, 2.24) is 9.59 Å². The number of rotatable bonds is 4. The van der Waals surface area contributed by atoms with Crippen molar-refractivity contribution in [3.05, 3.63) is 24.4 Å². The molecule has 0 amide bonds. The zero-order valence-electron chi connectivity index (χ0n) is 13.0. The number of benzene rings is 1. The van der Waals surface area contributed by atoms with Crippen molar-refractivity contribution in [1.29, 1.82) is 0 Å². The average molecular weight is 317 g/mol. The summed E-state index contributed by atoms with van der Waals surface area (Å²) in [4.78, 5) is 1.17. The van der Waals surface area contributed by atoms with E-state index >= 15 is 0 Å². The molecule has 4 unspecified atom stereocenters. The molecule has 0 saturated heterocycles. The van der Waals surface area contributed by atoms with E-state index in [0.717, 1.165) is 28.9 Å². The molecule has 116 valence electrons. The van der Waals surface area contributed by atoms with Crippen LogP contribution < -0.4 is 9.47 Å². The Kier molecular flexibility index (Phi) is 3.53. The molecule has 1 aromatic heterocycles. The Morgan fingerprint density at radius 1 is 1.18 bits per heavy atom. The number of hydrogen-bond donors (Lipinski definition) is 0. The van der Waals surface area contributed by atoms with Crippen LogP contribution in [0.2, 0.25) is 0 Å². The molecule has 2 bridgehead atoms. The molecule has 1 aromatic carbocycles. The molecule has 22 heavy (non-hydrogen) atoms. The van der Waals surface area contributed by atoms with Crippen LogP contribution in [0, 0.1) is 11.8 Å². The molecule has 2 fully saturated rings. The summed E-state index contributed by atoms with van der Waals surface area (Å²) in [5, 5.41) is 4.03. The summed E-state index contributed by atoms with van der Waals surface area (Å²) >= 11 is 0. The fourth-order valence-corrected chi connectivity index (χ4v) is 4.87. The fourth-order valence-electron chi connectivity index (χ4n) is 3.93. The maximum absolute atomic E-state index is 6.36. The van der Waals surface area contributed by atoms with Crippen LogP contribution in [0.5, 0.6) is 11.5 Å². The van der Waals surface area contributed by atoms with Crippen LogP contribution >= 0.6 is 10.7 Å². The molecule has 4 atom stereocenters. The Balaban J connectivity index is 1.63. The van der Waals surface area contributed by atoms with Crippen LogP contribution in [0.1, 0.15) is 25.7 Å². The van der Waals surface area contributed by atoms with Crippen LogP contribution in [0.15, 0.2) is 24.4 Å². The van der Waals surface area contributed by atoms with Gasteiger partial charge in [0.1, 0.15) is 29.2 Å². The maximum atomic E-state index is 6.36. The average Bonchev–Trinajstić information content (AvgIpc) is 3.24. The molecule has 2 aliphatic carbocycles. The summed E-state index contributed by atoms with van der Waals surface area (Å²) in [7, 11) is 1.54. The van der Waals surface area contributed by atoms with E-state index in [1.165, 1.54) is 30.6 Å². The summed E-state index contributed by atoms with van der Waals surface area (Å²) < 4.78 is 16.0. The van der Waals surface area contributed by atoms with Gasteiger partial charge in [-0.25, -0.2) is 0 Å². The standard InChI is InChI=1S/C17H21N2O2S/c1-20-14-6-5-13(17-10-18-19-22(17)2)9-16(14)21-15-8-11-3-4-12(15)7-11/h5-6,9-12,15H,3-4,7-8H2,1-2H3/q+1. The summed E-state index contributed by atoms with van der Waals surface area (Å²) in [6.07, 6.45) is 9.54. The molecule has 4 nitrogen and oxygen atoms in total. The quantitative estimate of drug-likeness (QED) is 0.799. The SMILES string of the molecule is COc1ccc(-c2cnn[s+]2C)cc1OC1CC2CCC1C2. The van der Waals surface area contributed by atoms with E-state index in [1.807, 2.05) is 12.3 Å². The third-order valence-corrected chi connectivity index (χ3v) is 6.38. The lowest BCUT2D eigenvalue weighted by Crippen LogP contribution is -2.23. The number of ether oxygens (including phenoxy) is 2. The second kappa shape index (κ2) is 5.54. The van der Waals surface area contributed by atoms with Gasteiger partial charge in [0, 0.05) is 5.56 Å². The predicted molar refractivity (Wildman–Crippen MR) is 87.3 cm³/mol. The molecule has 2 aliphatic rings. The molecule has 5 heteroatoms. The third kappa shape index (κ3) is 2.37. The van der Waals surface area contributed by atoms with E-state index in [-0.39, 0.29) is 10.7 Å². The largest absolute Gasteiger partial charge is 0.493 e. The Morgan fingerprint density at radius 2 is 2.09 bits per heavy atom. The predicted octanol–water partition coefficient (Wildman–Crippen LogP) is 4.01. The Labute approximate surface area is 133 Å². The fraction of sp³-hybridized carbons (Fsp3) is 0.529. The van der Waals surface area contributed by atoms with Gasteiger partial charge in [-0.05, 0) is 55.7 Å². The van der Waals surface area contributed by atoms with E-state index in [4.69, 9.17) is 9.47 Å². The smallest absolute Gasteiger partial charge is 0.226 e. The van der Waals surface area contributed by atoms with Gasteiger partial charge in [-0.1, -0.05) is 0 Å². The molecule has 2 saturated carbocycles. The lowest BCUT2D eigenvalue weighted by Gasteiger charge is -2.24. The minimum absolute atomic E-state index is 0.161. The number of nitrogens with zero attached hydrogens (tertiary/aromatic N) is 2. The topological polar surface area (TPSA) is 44.2 Å². The number of methoxy groups -OCH3 is 1. The molecule has 0 aliphatic heterocycles. The number of hydrogen-bond acceptors (Lipinski definition) is 4. The van der Waals surface area contributed by atoms with Gasteiger partial charge in [0.2, 0.25) is 4.88 Å². The number of aryl methyl sites for hydroxylation is 1. The van der Waals surface area contributed by atoms with Gasteiger partial charge in [-0.2, -0.15) is 0 Å². The zero-order chi connectivity index (χ0) is 15.1. The molecule has 0 radical (unpaired) electrons. The molecule has 2 aromatic rings. The summed E-state index contributed by atoms with van der Waals surface area (Å²) in [5.74, 6) is 3.29. The number of fused-ring (bicyclic) bond motifs is 2. The molecule has 1 heterocycles. The highest BCUT2D eigenvalue weighted by Gasteiger charge is 2.41. The second-order valence-corrected chi connectivity index (χ2v) is 7.92. The molecule has 0 spiro atoms. The molecular formula is C17H21N2O2S+. The van der Waals surface area contributed by atoms with Gasteiger partial charge in [0.25, 0.3) is 0 Å². The van der Waals surface area contributed by atoms with Crippen molar-refractivity contribution in [2.75, 3.05) is 7.11 Å². The van der Waals surface area contributed by atoms with Gasteiger partial charge in [0.05, 0.1) is 11.6 Å². The van der Waals surface area contributed by atoms with Crippen molar-refractivity contribution >= 4 is 10.7 Å². The summed E-state index contributed by atoms with van der Waals surface area (Å²) in [6.45, 7) is 0. The van der Waals surface area contributed by atoms with Crippen LogP contribution in [0.4, 0.5) is 0 Å². The van der Waals surface area contributed by atoms with Crippen molar-refractivity contribution < 1.29 is 9.47 Å². The third-order valence-electron chi connectivity index (χ3n) is 5.06. The monoisotopic (exact) mass is 317 g/mol. The van der Waals surface area contributed by atoms with Crippen molar-refractivity contribution in [3.8, 4) is 21.9 Å². The van der Waals surface area contributed by atoms with E-state index in [1.54, 1.807) is 7.11 Å². The first-order valence-corrected chi connectivity index (χ1v) is 9.45. The summed E-state index contributed by atoms with van der Waals surface area (Å²) in [6, 6.07) is 6.16. The van der Waals surface area contributed by atoms with Crippen LogP contribution in [0.3, 0.4) is 0 Å². The van der Waals surface area contributed by atoms with E-state index in [0.29, 0.717) is 6.10 Å². The first kappa shape index (κ1) is 14.0. The lowest BCUT2D eigenvalue weighted by atomic mass is 9.97. The molecule has 4 rings (SSSR count). The van der Waals surface area contributed by atoms with Gasteiger partial charge in [-0.3, -0.25) is 0 Å². The Hall–Kier alpha value is -1.62. The van der Waals surface area contributed by atoms with Crippen molar-refractivity contribution in [2.24, 2.45) is 18.1 Å². The highest BCUT2D eigenvalue weighted by atomic mass is 32.2. The highest BCUT2D eigenvalue weighted by molar-refractivity contribution is 7.27. The van der Waals surface area contributed by atoms with Gasteiger partial charge < -0.3 is 9.47 Å². The molecule has 0 N–H and O–H groups in total. The second-order valence-electron chi connectivity index (χ2n) is 6.37. The summed E-state index contributed by atoms with van der Waals surface area (Å²) in [5.41, 5.74) is 1.13. The maximum Gasteiger partial charge on any atom is 0.226 e. The minimum atomic E-state index is -0.161. The molecular weight excluding hydrogens is 296 g/mol. The van der Waals surface area contributed by atoms with Crippen LogP contribution in [-0.4, -0.2) is 22.8 Å². The van der Waals surface area contributed by atoms with Gasteiger partial charge in [0.15, 0.2) is 11.5 Å². The van der Waals surface area contributed by atoms with E-state index in [9.17, 15) is 0 Å².